The van der Waals surface area contributed by atoms with Crippen molar-refractivity contribution in [3.05, 3.63) is 35.4 Å². The van der Waals surface area contributed by atoms with E-state index in [4.69, 9.17) is 0 Å². The highest BCUT2D eigenvalue weighted by atomic mass is 15.1. The molecular weight excluding hydrogens is 258 g/mol. The van der Waals surface area contributed by atoms with E-state index < -0.39 is 0 Å². The maximum Gasteiger partial charge on any atom is 0.0236 e. The van der Waals surface area contributed by atoms with E-state index >= 15 is 0 Å². The second-order valence-electron chi connectivity index (χ2n) is 6.32. The predicted octanol–water partition coefficient (Wildman–Crippen LogP) is 2.50. The predicted molar refractivity (Wildman–Crippen MR) is 90.7 cm³/mol. The summed E-state index contributed by atoms with van der Waals surface area (Å²) in [7, 11) is 2.25. The number of aryl methyl sites for hydroxylation is 1. The van der Waals surface area contributed by atoms with Crippen molar-refractivity contribution in [2.45, 2.75) is 32.7 Å². The number of benzene rings is 1. The van der Waals surface area contributed by atoms with Crippen molar-refractivity contribution in [1.29, 1.82) is 0 Å². The molecule has 1 aromatic carbocycles. The Bertz CT molecular complexity index is 405. The molecule has 21 heavy (non-hydrogen) atoms. The van der Waals surface area contributed by atoms with Gasteiger partial charge in [0.05, 0.1) is 0 Å². The Balaban J connectivity index is 1.90. The van der Waals surface area contributed by atoms with Crippen molar-refractivity contribution >= 4 is 0 Å². The van der Waals surface area contributed by atoms with Gasteiger partial charge in [-0.3, -0.25) is 4.90 Å². The third-order valence-electron chi connectivity index (χ3n) is 4.39. The largest absolute Gasteiger partial charge is 0.317 e. The fraction of sp³-hybridized carbons (Fsp3) is 0.667. The molecule has 2 rings (SSSR count). The summed E-state index contributed by atoms with van der Waals surface area (Å²) in [6.45, 7) is 10.5. The van der Waals surface area contributed by atoms with Gasteiger partial charge < -0.3 is 10.2 Å². The summed E-state index contributed by atoms with van der Waals surface area (Å²) in [5.74, 6) is 0. The van der Waals surface area contributed by atoms with Gasteiger partial charge in [0.25, 0.3) is 0 Å². The van der Waals surface area contributed by atoms with E-state index in [2.05, 4.69) is 53.4 Å². The van der Waals surface area contributed by atoms with Crippen LogP contribution in [0.1, 0.15) is 30.4 Å². The lowest BCUT2D eigenvalue weighted by Gasteiger charge is -2.26. The lowest BCUT2D eigenvalue weighted by atomic mass is 10.1. The number of hydrogen-bond acceptors (Lipinski definition) is 3. The minimum absolute atomic E-state index is 1.09. The van der Waals surface area contributed by atoms with E-state index in [-0.39, 0.29) is 0 Å². The average molecular weight is 289 g/mol. The Morgan fingerprint density at radius 1 is 0.952 bits per heavy atom. The molecule has 1 saturated heterocycles. The minimum Gasteiger partial charge on any atom is -0.317 e. The van der Waals surface area contributed by atoms with E-state index in [0.717, 1.165) is 19.6 Å². The van der Waals surface area contributed by atoms with Gasteiger partial charge in [-0.15, -0.1) is 0 Å². The molecule has 0 radical (unpaired) electrons. The standard InChI is InChI=1S/C18H31N3/c1-17-8-3-4-9-18(17)16-21-14-6-11-19-10-5-12-20(2)13-7-15-21/h3-4,8-9,19H,5-7,10-16H2,1-2H3. The molecular formula is C18H31N3. The molecule has 1 N–H and O–H groups in total. The lowest BCUT2D eigenvalue weighted by Crippen LogP contribution is -2.33. The Hall–Kier alpha value is -0.900. The molecule has 1 aliphatic rings. The van der Waals surface area contributed by atoms with Crippen molar-refractivity contribution in [3.8, 4) is 0 Å². The first kappa shape index (κ1) is 16.5. The highest BCUT2D eigenvalue weighted by Gasteiger charge is 2.09. The Labute approximate surface area is 130 Å². The van der Waals surface area contributed by atoms with Crippen LogP contribution in [0.4, 0.5) is 0 Å². The summed E-state index contributed by atoms with van der Waals surface area (Å²) in [4.78, 5) is 5.09. The maximum atomic E-state index is 3.57. The molecule has 0 spiro atoms. The van der Waals surface area contributed by atoms with Crippen LogP contribution in [0.3, 0.4) is 0 Å². The maximum absolute atomic E-state index is 3.57. The Morgan fingerprint density at radius 2 is 1.62 bits per heavy atom. The molecule has 3 heteroatoms. The number of hydrogen-bond donors (Lipinski definition) is 1. The highest BCUT2D eigenvalue weighted by Crippen LogP contribution is 2.11. The van der Waals surface area contributed by atoms with E-state index in [9.17, 15) is 0 Å². The van der Waals surface area contributed by atoms with Gasteiger partial charge >= 0.3 is 0 Å². The number of nitrogens with one attached hydrogen (secondary N) is 1. The third kappa shape index (κ3) is 6.16. The molecule has 1 heterocycles. The summed E-state index contributed by atoms with van der Waals surface area (Å²) in [5.41, 5.74) is 2.89. The molecule has 1 aromatic rings. The molecule has 1 aliphatic heterocycles. The first-order valence-electron chi connectivity index (χ1n) is 8.42. The molecule has 0 amide bonds. The molecule has 0 unspecified atom stereocenters. The van der Waals surface area contributed by atoms with Crippen LogP contribution in [0.25, 0.3) is 0 Å². The second-order valence-corrected chi connectivity index (χ2v) is 6.32. The van der Waals surface area contributed by atoms with Gasteiger partial charge in [-0.1, -0.05) is 24.3 Å². The summed E-state index contributed by atoms with van der Waals surface area (Å²) in [5, 5.41) is 3.57. The molecule has 0 aromatic heterocycles. The monoisotopic (exact) mass is 289 g/mol. The third-order valence-corrected chi connectivity index (χ3v) is 4.39. The van der Waals surface area contributed by atoms with Gasteiger partial charge in [0.15, 0.2) is 0 Å². The average Bonchev–Trinajstić information content (AvgIpc) is 2.46. The molecule has 0 aliphatic carbocycles. The van der Waals surface area contributed by atoms with E-state index in [1.165, 1.54) is 56.6 Å². The Morgan fingerprint density at radius 3 is 2.43 bits per heavy atom. The molecule has 0 bridgehead atoms. The van der Waals surface area contributed by atoms with E-state index in [1.807, 2.05) is 0 Å². The first-order chi connectivity index (χ1) is 10.3. The smallest absolute Gasteiger partial charge is 0.0236 e. The topological polar surface area (TPSA) is 18.5 Å². The molecule has 0 atom stereocenters. The zero-order valence-electron chi connectivity index (χ0n) is 13.8. The summed E-state index contributed by atoms with van der Waals surface area (Å²) in [6.07, 6.45) is 3.79. The lowest BCUT2D eigenvalue weighted by molar-refractivity contribution is 0.229. The SMILES string of the molecule is Cc1ccccc1CN1CCCNCCCN(C)CCC1. The van der Waals surface area contributed by atoms with Crippen LogP contribution >= 0.6 is 0 Å². The van der Waals surface area contributed by atoms with Crippen LogP contribution in [0.15, 0.2) is 24.3 Å². The Kier molecular flexibility index (Phi) is 7.20. The number of nitrogens with zero attached hydrogens (tertiary/aromatic N) is 2. The van der Waals surface area contributed by atoms with Crippen LogP contribution in [0.2, 0.25) is 0 Å². The van der Waals surface area contributed by atoms with Crippen LogP contribution < -0.4 is 5.32 Å². The second kappa shape index (κ2) is 9.19. The molecule has 3 nitrogen and oxygen atoms in total. The van der Waals surface area contributed by atoms with Crippen molar-refractivity contribution in [2.75, 3.05) is 46.3 Å². The fourth-order valence-corrected chi connectivity index (χ4v) is 3.00. The van der Waals surface area contributed by atoms with Gasteiger partial charge in [0, 0.05) is 6.54 Å². The summed E-state index contributed by atoms with van der Waals surface area (Å²) in [6, 6.07) is 8.79. The van der Waals surface area contributed by atoms with Crippen molar-refractivity contribution in [3.63, 3.8) is 0 Å². The van der Waals surface area contributed by atoms with Crippen LogP contribution in [-0.2, 0) is 6.54 Å². The normalized spacial score (nSPS) is 20.7. The molecule has 0 saturated carbocycles. The zero-order valence-corrected chi connectivity index (χ0v) is 13.8. The van der Waals surface area contributed by atoms with Gasteiger partial charge in [-0.05, 0) is 83.6 Å². The van der Waals surface area contributed by atoms with Crippen LogP contribution in [0, 0.1) is 6.92 Å². The zero-order chi connectivity index (χ0) is 14.9. The summed E-state index contributed by atoms with van der Waals surface area (Å²) >= 11 is 0. The van der Waals surface area contributed by atoms with Gasteiger partial charge in [0.1, 0.15) is 0 Å². The van der Waals surface area contributed by atoms with Gasteiger partial charge in [-0.25, -0.2) is 0 Å². The molecule has 118 valence electrons. The first-order valence-corrected chi connectivity index (χ1v) is 8.42. The van der Waals surface area contributed by atoms with Crippen molar-refractivity contribution < 1.29 is 0 Å². The highest BCUT2D eigenvalue weighted by molar-refractivity contribution is 5.25. The van der Waals surface area contributed by atoms with E-state index in [0.29, 0.717) is 0 Å². The quantitative estimate of drug-likeness (QED) is 0.902. The van der Waals surface area contributed by atoms with Gasteiger partial charge in [-0.2, -0.15) is 0 Å². The minimum atomic E-state index is 1.09. The van der Waals surface area contributed by atoms with Crippen LogP contribution in [0.5, 0.6) is 0 Å². The number of rotatable bonds is 2. The summed E-state index contributed by atoms with van der Waals surface area (Å²) < 4.78 is 0. The van der Waals surface area contributed by atoms with Crippen molar-refractivity contribution in [2.24, 2.45) is 0 Å². The fourth-order valence-electron chi connectivity index (χ4n) is 3.00. The van der Waals surface area contributed by atoms with Gasteiger partial charge in [0.2, 0.25) is 0 Å². The molecule has 1 fully saturated rings. The van der Waals surface area contributed by atoms with Crippen LogP contribution in [-0.4, -0.2) is 56.1 Å². The van der Waals surface area contributed by atoms with E-state index in [1.54, 1.807) is 0 Å². The van der Waals surface area contributed by atoms with Crippen molar-refractivity contribution in [1.82, 2.24) is 15.1 Å².